The summed E-state index contributed by atoms with van der Waals surface area (Å²) in [5.74, 6) is 0. The first-order valence-corrected chi connectivity index (χ1v) is 4.29. The van der Waals surface area contributed by atoms with Gasteiger partial charge >= 0.3 is 0 Å². The van der Waals surface area contributed by atoms with E-state index in [-0.39, 0.29) is 24.8 Å². The molecule has 0 bridgehead atoms. The highest BCUT2D eigenvalue weighted by Crippen LogP contribution is 2.15. The molecule has 0 saturated heterocycles. The third-order valence-corrected chi connectivity index (χ3v) is 1.92. The number of hydrogen-bond donors (Lipinski definition) is 0. The van der Waals surface area contributed by atoms with Gasteiger partial charge in [0.1, 0.15) is 0 Å². The first-order valence-electron chi connectivity index (χ1n) is 4.29. The van der Waals surface area contributed by atoms with E-state index >= 15 is 0 Å². The van der Waals surface area contributed by atoms with Crippen LogP contribution in [0.3, 0.4) is 0 Å². The topological polar surface area (TPSA) is 0 Å². The van der Waals surface area contributed by atoms with Gasteiger partial charge in [-0.1, -0.05) is 43.6 Å². The highest BCUT2D eigenvalue weighted by molar-refractivity contribution is 5.85. The summed E-state index contributed by atoms with van der Waals surface area (Å²) < 4.78 is 0. The minimum absolute atomic E-state index is 0. The van der Waals surface area contributed by atoms with Crippen LogP contribution in [0.1, 0.15) is 39.0 Å². The van der Waals surface area contributed by atoms with Crippen molar-refractivity contribution in [3.05, 3.63) is 23.8 Å². The molecule has 0 spiro atoms. The Labute approximate surface area is 87.9 Å². The van der Waals surface area contributed by atoms with Gasteiger partial charge in [0, 0.05) is 0 Å². The molecule has 72 valence electrons. The van der Waals surface area contributed by atoms with Gasteiger partial charge in [0.15, 0.2) is 0 Å². The second-order valence-electron chi connectivity index (χ2n) is 2.87. The molecular formula is C10H18Cl2. The number of halogens is 2. The molecule has 12 heavy (non-hydrogen) atoms. The molecule has 2 heteroatoms. The normalized spacial score (nSPS) is 13.2. The minimum Gasteiger partial charge on any atom is -0.147 e. The van der Waals surface area contributed by atoms with Crippen molar-refractivity contribution >= 4 is 24.8 Å². The van der Waals surface area contributed by atoms with Crippen LogP contribution in [0.5, 0.6) is 0 Å². The standard InChI is InChI=1S/C10H16.2ClH/c1-2-3-4-7-10-8-5-6-9-10;;/h5,8-9H,2-4,6-7H2,1H3;2*1H. The van der Waals surface area contributed by atoms with Crippen LogP contribution in [0, 0.1) is 0 Å². The van der Waals surface area contributed by atoms with Crippen LogP contribution in [0.2, 0.25) is 0 Å². The molecule has 0 aliphatic heterocycles. The zero-order valence-corrected chi connectivity index (χ0v) is 9.22. The highest BCUT2D eigenvalue weighted by Gasteiger charge is 1.95. The second-order valence-corrected chi connectivity index (χ2v) is 2.87. The molecule has 0 saturated carbocycles. The van der Waals surface area contributed by atoms with E-state index in [4.69, 9.17) is 0 Å². The molecular weight excluding hydrogens is 191 g/mol. The molecule has 0 unspecified atom stereocenters. The lowest BCUT2D eigenvalue weighted by molar-refractivity contribution is 0.719. The first-order chi connectivity index (χ1) is 4.93. The van der Waals surface area contributed by atoms with E-state index in [0.717, 1.165) is 0 Å². The summed E-state index contributed by atoms with van der Waals surface area (Å²) in [6.45, 7) is 2.25. The molecule has 0 aromatic heterocycles. The molecule has 0 fully saturated rings. The monoisotopic (exact) mass is 208 g/mol. The largest absolute Gasteiger partial charge is 0.147 e. The van der Waals surface area contributed by atoms with Crippen LogP contribution in [0.25, 0.3) is 0 Å². The van der Waals surface area contributed by atoms with Crippen LogP contribution in [-0.4, -0.2) is 0 Å². The van der Waals surface area contributed by atoms with Crippen molar-refractivity contribution in [3.8, 4) is 0 Å². The van der Waals surface area contributed by atoms with E-state index in [1.807, 2.05) is 0 Å². The fourth-order valence-corrected chi connectivity index (χ4v) is 1.27. The van der Waals surface area contributed by atoms with E-state index in [1.54, 1.807) is 5.57 Å². The summed E-state index contributed by atoms with van der Waals surface area (Å²) in [6.07, 6.45) is 13.4. The van der Waals surface area contributed by atoms with E-state index in [0.29, 0.717) is 0 Å². The van der Waals surface area contributed by atoms with E-state index in [9.17, 15) is 0 Å². The zero-order chi connectivity index (χ0) is 7.23. The smallest absolute Gasteiger partial charge is 0.0160 e. The molecule has 0 aromatic carbocycles. The van der Waals surface area contributed by atoms with Gasteiger partial charge in [0.05, 0.1) is 0 Å². The Hall–Kier alpha value is 0.0600. The lowest BCUT2D eigenvalue weighted by Gasteiger charge is -1.96. The molecule has 0 atom stereocenters. The van der Waals surface area contributed by atoms with Crippen molar-refractivity contribution < 1.29 is 0 Å². The average Bonchev–Trinajstić information content (AvgIpc) is 2.41. The fourth-order valence-electron chi connectivity index (χ4n) is 1.27. The minimum atomic E-state index is 0. The molecule has 1 aliphatic carbocycles. The summed E-state index contributed by atoms with van der Waals surface area (Å²) in [7, 11) is 0. The summed E-state index contributed by atoms with van der Waals surface area (Å²) in [4.78, 5) is 0. The maximum Gasteiger partial charge on any atom is -0.0160 e. The number of rotatable bonds is 4. The van der Waals surface area contributed by atoms with Crippen molar-refractivity contribution in [2.45, 2.75) is 39.0 Å². The fraction of sp³-hybridized carbons (Fsp3) is 0.600. The van der Waals surface area contributed by atoms with Crippen LogP contribution in [0.4, 0.5) is 0 Å². The van der Waals surface area contributed by atoms with E-state index in [2.05, 4.69) is 25.2 Å². The number of hydrogen-bond acceptors (Lipinski definition) is 0. The molecule has 0 aromatic rings. The summed E-state index contributed by atoms with van der Waals surface area (Å²) >= 11 is 0. The van der Waals surface area contributed by atoms with E-state index in [1.165, 1.54) is 32.1 Å². The Bertz CT molecular complexity index is 148. The molecule has 0 N–H and O–H groups in total. The van der Waals surface area contributed by atoms with Crippen LogP contribution >= 0.6 is 24.8 Å². The lowest BCUT2D eigenvalue weighted by Crippen LogP contribution is -1.76. The average molecular weight is 209 g/mol. The first kappa shape index (κ1) is 14.6. The summed E-state index contributed by atoms with van der Waals surface area (Å²) in [5.41, 5.74) is 1.55. The molecule has 1 rings (SSSR count). The van der Waals surface area contributed by atoms with Gasteiger partial charge in [-0.25, -0.2) is 0 Å². The van der Waals surface area contributed by atoms with Gasteiger partial charge in [0.25, 0.3) is 0 Å². The molecule has 1 aliphatic rings. The Morgan fingerprint density at radius 2 is 2.00 bits per heavy atom. The third kappa shape index (κ3) is 5.68. The Balaban J connectivity index is 0. The van der Waals surface area contributed by atoms with Crippen LogP contribution in [0.15, 0.2) is 23.8 Å². The van der Waals surface area contributed by atoms with Crippen LogP contribution in [-0.2, 0) is 0 Å². The summed E-state index contributed by atoms with van der Waals surface area (Å²) in [6, 6.07) is 0. The maximum atomic E-state index is 2.33. The van der Waals surface area contributed by atoms with Crippen LogP contribution < -0.4 is 0 Å². The Kier molecular flexibility index (Phi) is 11.1. The highest BCUT2D eigenvalue weighted by atomic mass is 35.5. The van der Waals surface area contributed by atoms with Crippen molar-refractivity contribution in [2.24, 2.45) is 0 Å². The van der Waals surface area contributed by atoms with Gasteiger partial charge in [-0.15, -0.1) is 24.8 Å². The molecule has 0 radical (unpaired) electrons. The van der Waals surface area contributed by atoms with Gasteiger partial charge in [-0.2, -0.15) is 0 Å². The van der Waals surface area contributed by atoms with Crippen molar-refractivity contribution in [1.29, 1.82) is 0 Å². The third-order valence-electron chi connectivity index (χ3n) is 1.92. The Morgan fingerprint density at radius 3 is 2.50 bits per heavy atom. The predicted octanol–water partition coefficient (Wildman–Crippen LogP) is 4.30. The molecule has 0 nitrogen and oxygen atoms in total. The van der Waals surface area contributed by atoms with Crippen molar-refractivity contribution in [3.63, 3.8) is 0 Å². The number of allylic oxidation sites excluding steroid dienone is 4. The lowest BCUT2D eigenvalue weighted by atomic mass is 10.1. The van der Waals surface area contributed by atoms with Gasteiger partial charge in [-0.3, -0.25) is 0 Å². The SMILES string of the molecule is CCCCCC1=CCC=C1.Cl.Cl. The quantitative estimate of drug-likeness (QED) is 0.605. The van der Waals surface area contributed by atoms with Gasteiger partial charge in [0.2, 0.25) is 0 Å². The molecule has 0 heterocycles. The maximum absolute atomic E-state index is 2.33. The predicted molar refractivity (Wildman–Crippen MR) is 60.5 cm³/mol. The van der Waals surface area contributed by atoms with E-state index < -0.39 is 0 Å². The zero-order valence-electron chi connectivity index (χ0n) is 7.58. The Morgan fingerprint density at radius 1 is 1.25 bits per heavy atom. The number of unbranched alkanes of at least 4 members (excludes halogenated alkanes) is 2. The van der Waals surface area contributed by atoms with Gasteiger partial charge < -0.3 is 0 Å². The summed E-state index contributed by atoms with van der Waals surface area (Å²) in [5, 5.41) is 0. The van der Waals surface area contributed by atoms with Gasteiger partial charge in [-0.05, 0) is 19.3 Å². The van der Waals surface area contributed by atoms with Crippen molar-refractivity contribution in [1.82, 2.24) is 0 Å². The molecule has 0 amide bonds. The van der Waals surface area contributed by atoms with Crippen molar-refractivity contribution in [2.75, 3.05) is 0 Å². The second kappa shape index (κ2) is 9.15.